The third kappa shape index (κ3) is 3.20. The van der Waals surface area contributed by atoms with Crippen LogP contribution in [-0.4, -0.2) is 11.2 Å². The summed E-state index contributed by atoms with van der Waals surface area (Å²) in [5.41, 5.74) is 0.958. The number of aliphatic imine (C=N–C) groups is 1. The maximum atomic E-state index is 12.9. The summed E-state index contributed by atoms with van der Waals surface area (Å²) >= 11 is 4.87. The molecule has 0 fully saturated rings. The molecule has 2 nitrogen and oxygen atoms in total. The zero-order chi connectivity index (χ0) is 12.3. The van der Waals surface area contributed by atoms with Crippen molar-refractivity contribution in [3.8, 4) is 0 Å². The Labute approximate surface area is 111 Å². The molecule has 1 atom stereocenters. The summed E-state index contributed by atoms with van der Waals surface area (Å²) in [4.78, 5) is 8.51. The van der Waals surface area contributed by atoms with Crippen LogP contribution in [-0.2, 0) is 0 Å². The Morgan fingerprint density at radius 3 is 3.00 bits per heavy atom. The van der Waals surface area contributed by atoms with Gasteiger partial charge >= 0.3 is 0 Å². The average molecular weight is 313 g/mol. The van der Waals surface area contributed by atoms with E-state index in [0.717, 1.165) is 15.0 Å². The van der Waals surface area contributed by atoms with Crippen molar-refractivity contribution >= 4 is 33.5 Å². The molecule has 0 unspecified atom stereocenters. The molecule has 0 aliphatic heterocycles. The van der Waals surface area contributed by atoms with Crippen molar-refractivity contribution in [3.63, 3.8) is 0 Å². The third-order valence-electron chi connectivity index (χ3n) is 2.27. The SMILES string of the molecule is C[C@@H](/N=C/c1nccs1)c1ccc(F)cc1Br. The van der Waals surface area contributed by atoms with Gasteiger partial charge in [0.1, 0.15) is 10.8 Å². The first-order chi connectivity index (χ1) is 8.16. The van der Waals surface area contributed by atoms with Gasteiger partial charge in [-0.25, -0.2) is 9.37 Å². The Bertz CT molecular complexity index is 525. The zero-order valence-corrected chi connectivity index (χ0v) is 11.5. The summed E-state index contributed by atoms with van der Waals surface area (Å²) in [5.74, 6) is -0.253. The maximum absolute atomic E-state index is 12.9. The fourth-order valence-electron chi connectivity index (χ4n) is 1.39. The summed E-state index contributed by atoms with van der Waals surface area (Å²) in [6, 6.07) is 4.60. The minimum atomic E-state index is -0.253. The molecule has 0 aliphatic carbocycles. The number of hydrogen-bond donors (Lipinski definition) is 0. The quantitative estimate of drug-likeness (QED) is 0.779. The Morgan fingerprint density at radius 2 is 2.35 bits per heavy atom. The minimum absolute atomic E-state index is 0.0334. The molecular formula is C12H10BrFN2S. The highest BCUT2D eigenvalue weighted by atomic mass is 79.9. The number of nitrogens with zero attached hydrogens (tertiary/aromatic N) is 2. The van der Waals surface area contributed by atoms with Crippen molar-refractivity contribution in [2.75, 3.05) is 0 Å². The van der Waals surface area contributed by atoms with Crippen LogP contribution in [0.4, 0.5) is 4.39 Å². The fourth-order valence-corrected chi connectivity index (χ4v) is 2.58. The van der Waals surface area contributed by atoms with Gasteiger partial charge in [-0.1, -0.05) is 22.0 Å². The van der Waals surface area contributed by atoms with E-state index >= 15 is 0 Å². The second kappa shape index (κ2) is 5.51. The summed E-state index contributed by atoms with van der Waals surface area (Å²) in [5, 5.41) is 2.77. The molecule has 0 bridgehead atoms. The lowest BCUT2D eigenvalue weighted by Crippen LogP contribution is -1.93. The van der Waals surface area contributed by atoms with Crippen molar-refractivity contribution in [2.24, 2.45) is 4.99 Å². The Morgan fingerprint density at radius 1 is 1.53 bits per heavy atom. The zero-order valence-electron chi connectivity index (χ0n) is 9.10. The molecule has 0 aliphatic rings. The van der Waals surface area contributed by atoms with Crippen LogP contribution in [0, 0.1) is 5.82 Å². The number of halogens is 2. The molecule has 0 amide bonds. The number of hydrogen-bond acceptors (Lipinski definition) is 3. The van der Waals surface area contributed by atoms with Gasteiger partial charge in [0.15, 0.2) is 0 Å². The molecule has 0 spiro atoms. The van der Waals surface area contributed by atoms with Crippen LogP contribution in [0.3, 0.4) is 0 Å². The lowest BCUT2D eigenvalue weighted by molar-refractivity contribution is 0.624. The van der Waals surface area contributed by atoms with E-state index in [-0.39, 0.29) is 11.9 Å². The first kappa shape index (κ1) is 12.4. The van der Waals surface area contributed by atoms with E-state index in [4.69, 9.17) is 0 Å². The molecular weight excluding hydrogens is 303 g/mol. The second-order valence-electron chi connectivity index (χ2n) is 3.49. The number of thiazole rings is 1. The van der Waals surface area contributed by atoms with Crippen molar-refractivity contribution in [2.45, 2.75) is 13.0 Å². The van der Waals surface area contributed by atoms with E-state index in [1.807, 2.05) is 12.3 Å². The Hall–Kier alpha value is -1.07. The number of benzene rings is 1. The molecule has 0 saturated carbocycles. The van der Waals surface area contributed by atoms with Gasteiger partial charge in [-0.2, -0.15) is 0 Å². The molecule has 1 heterocycles. The van der Waals surface area contributed by atoms with Gasteiger partial charge < -0.3 is 0 Å². The normalized spacial score (nSPS) is 13.1. The molecule has 0 N–H and O–H groups in total. The second-order valence-corrected chi connectivity index (χ2v) is 5.27. The van der Waals surface area contributed by atoms with Gasteiger partial charge in [-0.15, -0.1) is 11.3 Å². The molecule has 5 heteroatoms. The van der Waals surface area contributed by atoms with Crippen molar-refractivity contribution in [1.82, 2.24) is 4.98 Å². The van der Waals surface area contributed by atoms with Gasteiger partial charge in [0.2, 0.25) is 0 Å². The van der Waals surface area contributed by atoms with E-state index in [0.29, 0.717) is 0 Å². The third-order valence-corrected chi connectivity index (χ3v) is 3.67. The molecule has 88 valence electrons. The summed E-state index contributed by atoms with van der Waals surface area (Å²) in [7, 11) is 0. The minimum Gasteiger partial charge on any atom is -0.282 e. The molecule has 1 aromatic carbocycles. The van der Waals surface area contributed by atoms with Gasteiger partial charge in [-0.3, -0.25) is 4.99 Å². The van der Waals surface area contributed by atoms with E-state index in [9.17, 15) is 4.39 Å². The molecule has 0 saturated heterocycles. The summed E-state index contributed by atoms with van der Waals surface area (Å²) in [6.07, 6.45) is 3.48. The average Bonchev–Trinajstić information content (AvgIpc) is 2.78. The topological polar surface area (TPSA) is 25.2 Å². The van der Waals surface area contributed by atoms with Crippen LogP contribution in [0.2, 0.25) is 0 Å². The van der Waals surface area contributed by atoms with Crippen molar-refractivity contribution in [1.29, 1.82) is 0 Å². The highest BCUT2D eigenvalue weighted by Gasteiger charge is 2.08. The molecule has 17 heavy (non-hydrogen) atoms. The number of rotatable bonds is 3. The van der Waals surface area contributed by atoms with Crippen LogP contribution in [0.25, 0.3) is 0 Å². The molecule has 0 radical (unpaired) electrons. The van der Waals surface area contributed by atoms with Gasteiger partial charge in [0.05, 0.1) is 12.3 Å². The smallest absolute Gasteiger partial charge is 0.133 e. The Kier molecular flexibility index (Phi) is 4.02. The van der Waals surface area contributed by atoms with Crippen LogP contribution < -0.4 is 0 Å². The van der Waals surface area contributed by atoms with E-state index in [1.54, 1.807) is 18.5 Å². The Balaban J connectivity index is 2.17. The van der Waals surface area contributed by atoms with Gasteiger partial charge in [-0.05, 0) is 24.6 Å². The van der Waals surface area contributed by atoms with Gasteiger partial charge in [0.25, 0.3) is 0 Å². The maximum Gasteiger partial charge on any atom is 0.133 e. The molecule has 2 aromatic rings. The van der Waals surface area contributed by atoms with E-state index in [2.05, 4.69) is 25.9 Å². The lowest BCUT2D eigenvalue weighted by atomic mass is 10.1. The summed E-state index contributed by atoms with van der Waals surface area (Å²) in [6.45, 7) is 1.96. The van der Waals surface area contributed by atoms with E-state index < -0.39 is 0 Å². The highest BCUT2D eigenvalue weighted by molar-refractivity contribution is 9.10. The van der Waals surface area contributed by atoms with Crippen LogP contribution in [0.15, 0.2) is 39.2 Å². The molecule has 1 aromatic heterocycles. The standard InChI is InChI=1S/C12H10BrFN2S/c1-8(16-7-12-15-4-5-17-12)10-3-2-9(14)6-11(10)13/h2-8H,1H3/b16-7+/t8-/m1/s1. The fraction of sp³-hybridized carbons (Fsp3) is 0.167. The first-order valence-electron chi connectivity index (χ1n) is 5.04. The van der Waals surface area contributed by atoms with E-state index in [1.165, 1.54) is 23.5 Å². The van der Waals surface area contributed by atoms with Gasteiger partial charge in [0, 0.05) is 16.0 Å². The van der Waals surface area contributed by atoms with Crippen LogP contribution in [0.5, 0.6) is 0 Å². The monoisotopic (exact) mass is 312 g/mol. The molecule has 2 rings (SSSR count). The predicted molar refractivity (Wildman–Crippen MR) is 72.2 cm³/mol. The van der Waals surface area contributed by atoms with Crippen molar-refractivity contribution < 1.29 is 4.39 Å². The lowest BCUT2D eigenvalue weighted by Gasteiger charge is -2.08. The van der Waals surface area contributed by atoms with Crippen molar-refractivity contribution in [3.05, 3.63) is 50.6 Å². The largest absolute Gasteiger partial charge is 0.282 e. The highest BCUT2D eigenvalue weighted by Crippen LogP contribution is 2.26. The first-order valence-corrected chi connectivity index (χ1v) is 6.71. The predicted octanol–water partition coefficient (Wildman–Crippen LogP) is 4.22. The van der Waals surface area contributed by atoms with Crippen LogP contribution >= 0.6 is 27.3 Å². The summed E-state index contributed by atoms with van der Waals surface area (Å²) < 4.78 is 13.7. The number of aromatic nitrogens is 1. The van der Waals surface area contributed by atoms with Crippen LogP contribution in [0.1, 0.15) is 23.5 Å².